The van der Waals surface area contributed by atoms with Crippen LogP contribution in [0.1, 0.15) is 33.4 Å². The summed E-state index contributed by atoms with van der Waals surface area (Å²) in [5.41, 5.74) is 11.4. The van der Waals surface area contributed by atoms with Crippen LogP contribution in [0.3, 0.4) is 0 Å². The molecule has 2 heterocycles. The van der Waals surface area contributed by atoms with Gasteiger partial charge in [0.1, 0.15) is 6.07 Å². The van der Waals surface area contributed by atoms with Gasteiger partial charge in [-0.05, 0) is 116 Å². The van der Waals surface area contributed by atoms with Crippen molar-refractivity contribution in [2.45, 2.75) is 11.6 Å². The van der Waals surface area contributed by atoms with Gasteiger partial charge in [-0.2, -0.15) is 18.4 Å². The molecule has 0 saturated carbocycles. The second kappa shape index (κ2) is 13.9. The van der Waals surface area contributed by atoms with E-state index in [2.05, 4.69) is 144 Å². The molecule has 0 amide bonds. The Balaban J connectivity index is 1.20. The van der Waals surface area contributed by atoms with Crippen LogP contribution in [0.5, 0.6) is 0 Å². The lowest BCUT2D eigenvalue weighted by atomic mass is 9.64. The first kappa shape index (κ1) is 37.9. The van der Waals surface area contributed by atoms with Crippen LogP contribution in [0.25, 0.3) is 54.6 Å². The number of nitriles is 1. The van der Waals surface area contributed by atoms with E-state index in [4.69, 9.17) is 4.42 Å². The number of fused-ring (bicyclic) bond motifs is 16. The first-order valence-corrected chi connectivity index (χ1v) is 21.8. The van der Waals surface area contributed by atoms with E-state index in [0.29, 0.717) is 28.1 Å². The highest BCUT2D eigenvalue weighted by Gasteiger charge is 2.53. The average Bonchev–Trinajstić information content (AvgIpc) is 3.89. The molecule has 0 N–H and O–H groups in total. The van der Waals surface area contributed by atoms with Gasteiger partial charge in [0.2, 0.25) is 0 Å². The Kier molecular flexibility index (Phi) is 8.01. The summed E-state index contributed by atoms with van der Waals surface area (Å²) in [6, 6.07) is 70.4. The van der Waals surface area contributed by atoms with Gasteiger partial charge in [0.15, 0.2) is 11.2 Å². The van der Waals surface area contributed by atoms with Crippen molar-refractivity contribution in [2.75, 3.05) is 9.80 Å². The predicted octanol–water partition coefficient (Wildman–Crippen LogP) is 16.4. The third-order valence-corrected chi connectivity index (χ3v) is 13.7. The molecule has 1 aliphatic carbocycles. The molecule has 0 atom stereocenters. The molecule has 0 saturated heterocycles. The normalized spacial score (nSPS) is 13.5. The quantitative estimate of drug-likeness (QED) is 0.177. The molecule has 4 nitrogen and oxygen atoms in total. The fourth-order valence-corrected chi connectivity index (χ4v) is 11.1. The van der Waals surface area contributed by atoms with Gasteiger partial charge in [-0.3, -0.25) is 0 Å². The van der Waals surface area contributed by atoms with Crippen molar-refractivity contribution < 1.29 is 17.6 Å². The molecular weight excluding hydrogens is 824 g/mol. The molecule has 66 heavy (non-hydrogen) atoms. The maximum Gasteiger partial charge on any atom is 0.416 e. The van der Waals surface area contributed by atoms with Gasteiger partial charge in [0, 0.05) is 27.5 Å². The topological polar surface area (TPSA) is 43.4 Å². The van der Waals surface area contributed by atoms with Crippen molar-refractivity contribution >= 4 is 77.6 Å². The number of hydrogen-bond donors (Lipinski definition) is 0. The largest absolute Gasteiger partial charge is 0.452 e. The molecule has 11 aromatic rings. The summed E-state index contributed by atoms with van der Waals surface area (Å²) in [7, 11) is 0. The number of alkyl halides is 3. The highest BCUT2D eigenvalue weighted by Crippen LogP contribution is 2.66. The first-order chi connectivity index (χ1) is 32.4. The average molecular weight is 858 g/mol. The van der Waals surface area contributed by atoms with Crippen LogP contribution in [-0.4, -0.2) is 0 Å². The zero-order valence-corrected chi connectivity index (χ0v) is 35.0. The van der Waals surface area contributed by atoms with Gasteiger partial charge in [0.25, 0.3) is 0 Å². The Morgan fingerprint density at radius 2 is 1.08 bits per heavy atom. The van der Waals surface area contributed by atoms with Crippen LogP contribution in [0.15, 0.2) is 211 Å². The zero-order valence-electron chi connectivity index (χ0n) is 35.0. The second-order valence-corrected chi connectivity index (χ2v) is 17.0. The molecule has 312 valence electrons. The molecule has 0 radical (unpaired) electrons. The summed E-state index contributed by atoms with van der Waals surface area (Å²) < 4.78 is 49.6. The lowest BCUT2D eigenvalue weighted by Gasteiger charge is -2.45. The van der Waals surface area contributed by atoms with Crippen molar-refractivity contribution in [1.29, 1.82) is 5.26 Å². The molecule has 0 fully saturated rings. The maximum absolute atomic E-state index is 14.3. The van der Waals surface area contributed by atoms with Gasteiger partial charge in [0.05, 0.1) is 39.3 Å². The summed E-state index contributed by atoms with van der Waals surface area (Å²) in [6.45, 7) is 0. The minimum Gasteiger partial charge on any atom is -0.452 e. The van der Waals surface area contributed by atoms with E-state index in [1.807, 2.05) is 47.4 Å². The Morgan fingerprint density at radius 3 is 1.79 bits per heavy atom. The highest BCUT2D eigenvalue weighted by molar-refractivity contribution is 6.18. The fraction of sp³-hybridized carbons (Fsp3) is 0.0339. The molecule has 10 aromatic carbocycles. The number of hydrogen-bond acceptors (Lipinski definition) is 4. The molecule has 1 aromatic heterocycles. The minimum atomic E-state index is -4.54. The van der Waals surface area contributed by atoms with Crippen molar-refractivity contribution in [2.24, 2.45) is 0 Å². The van der Waals surface area contributed by atoms with Gasteiger partial charge >= 0.3 is 6.18 Å². The monoisotopic (exact) mass is 857 g/mol. The van der Waals surface area contributed by atoms with Crippen molar-refractivity contribution in [1.82, 2.24) is 0 Å². The van der Waals surface area contributed by atoms with Crippen LogP contribution in [-0.2, 0) is 11.6 Å². The molecule has 2 aliphatic rings. The smallest absolute Gasteiger partial charge is 0.416 e. The van der Waals surface area contributed by atoms with Crippen LogP contribution in [0.4, 0.5) is 47.3 Å². The summed E-state index contributed by atoms with van der Waals surface area (Å²) in [6.07, 6.45) is -4.54. The van der Waals surface area contributed by atoms with Crippen molar-refractivity contribution in [3.05, 3.63) is 240 Å². The Bertz CT molecular complexity index is 3800. The summed E-state index contributed by atoms with van der Waals surface area (Å²) in [5, 5.41) is 15.9. The van der Waals surface area contributed by atoms with Crippen LogP contribution in [0, 0.1) is 11.3 Å². The van der Waals surface area contributed by atoms with Gasteiger partial charge in [-0.15, -0.1) is 0 Å². The number of benzene rings is 10. The Labute approximate surface area is 377 Å². The highest BCUT2D eigenvalue weighted by atomic mass is 19.4. The molecule has 0 bridgehead atoms. The van der Waals surface area contributed by atoms with E-state index in [-0.39, 0.29) is 0 Å². The molecule has 7 heteroatoms. The standard InChI is InChI=1S/C59H34F3N3O/c60-59(61,62)38-29-31-40(32-30-38)65(52-27-13-22-45-44-21-12-15-37(35-63)56(44)66-57(45)52)53-34-49-55(43-20-7-6-19-42(43)53)54-41-18-5-4-14-36(41)28-33-48(54)58(49)46-23-8-10-25-50(46)64(39-16-2-1-3-17-39)51-26-11-9-24-47(51)58/h1-34H. The number of halogens is 3. The van der Waals surface area contributed by atoms with Crippen LogP contribution >= 0.6 is 0 Å². The lowest BCUT2D eigenvalue weighted by Crippen LogP contribution is -2.36. The molecule has 1 aliphatic heterocycles. The van der Waals surface area contributed by atoms with Crippen LogP contribution in [0.2, 0.25) is 0 Å². The van der Waals surface area contributed by atoms with Crippen LogP contribution < -0.4 is 9.80 Å². The number of anilines is 6. The van der Waals surface area contributed by atoms with E-state index in [9.17, 15) is 18.4 Å². The summed E-state index contributed by atoms with van der Waals surface area (Å²) >= 11 is 0. The van der Waals surface area contributed by atoms with E-state index in [0.717, 1.165) is 101 Å². The number of nitrogens with zero attached hydrogens (tertiary/aromatic N) is 3. The van der Waals surface area contributed by atoms with Gasteiger partial charge in [-0.25, -0.2) is 0 Å². The van der Waals surface area contributed by atoms with Crippen molar-refractivity contribution in [3.63, 3.8) is 0 Å². The maximum atomic E-state index is 14.3. The fourth-order valence-electron chi connectivity index (χ4n) is 11.1. The van der Waals surface area contributed by atoms with Gasteiger partial charge < -0.3 is 14.2 Å². The third kappa shape index (κ3) is 5.15. The van der Waals surface area contributed by atoms with E-state index in [1.54, 1.807) is 6.07 Å². The van der Waals surface area contributed by atoms with Crippen molar-refractivity contribution in [3.8, 4) is 17.2 Å². The number of furan rings is 1. The van der Waals surface area contributed by atoms with E-state index < -0.39 is 17.2 Å². The lowest BCUT2D eigenvalue weighted by molar-refractivity contribution is -0.137. The zero-order chi connectivity index (χ0) is 44.3. The SMILES string of the molecule is N#Cc1cccc2c1oc1c(N(c3ccc(C(F)(F)F)cc3)c3cc4c(c5ccccc35)-c3c(ccc5ccccc35)C43c4ccccc4N(c4ccccc4)c4ccccc43)cccc12. The predicted molar refractivity (Wildman–Crippen MR) is 259 cm³/mol. The number of para-hydroxylation sites is 5. The minimum absolute atomic E-state index is 0.393. The first-order valence-electron chi connectivity index (χ1n) is 21.8. The Hall–Kier alpha value is -8.60. The third-order valence-electron chi connectivity index (χ3n) is 13.7. The summed E-state index contributed by atoms with van der Waals surface area (Å²) in [5.74, 6) is 0. The number of rotatable bonds is 4. The molecule has 13 rings (SSSR count). The molecule has 0 unspecified atom stereocenters. The molecule has 1 spiro atoms. The second-order valence-electron chi connectivity index (χ2n) is 17.0. The van der Waals surface area contributed by atoms with E-state index in [1.165, 1.54) is 12.1 Å². The van der Waals surface area contributed by atoms with E-state index >= 15 is 0 Å². The van der Waals surface area contributed by atoms with Gasteiger partial charge in [-0.1, -0.05) is 140 Å². The Morgan fingerprint density at radius 1 is 0.485 bits per heavy atom. The molecular formula is C59H34F3N3O. The summed E-state index contributed by atoms with van der Waals surface area (Å²) in [4.78, 5) is 4.38.